The van der Waals surface area contributed by atoms with Gasteiger partial charge in [-0.25, -0.2) is 4.98 Å². The van der Waals surface area contributed by atoms with Crippen molar-refractivity contribution in [2.24, 2.45) is 5.92 Å². The first-order chi connectivity index (χ1) is 16.2. The fourth-order valence-corrected chi connectivity index (χ4v) is 5.35. The SMILES string of the molecule is COc1ccccc1CNc1n[nH]c2nc(C3CCCN(C(=O)CC4CCCC4)C3)ccc12. The van der Waals surface area contributed by atoms with Gasteiger partial charge in [0.05, 0.1) is 12.5 Å². The zero-order valence-corrected chi connectivity index (χ0v) is 19.3. The largest absolute Gasteiger partial charge is 0.496 e. The molecular weight excluding hydrogens is 414 g/mol. The lowest BCUT2D eigenvalue weighted by molar-refractivity contribution is -0.133. The van der Waals surface area contributed by atoms with Gasteiger partial charge >= 0.3 is 0 Å². The number of ether oxygens (including phenoxy) is 1. The summed E-state index contributed by atoms with van der Waals surface area (Å²) in [7, 11) is 1.68. The number of pyridine rings is 1. The Labute approximate surface area is 194 Å². The molecule has 0 bridgehead atoms. The molecule has 2 N–H and O–H groups in total. The molecule has 2 aliphatic rings. The second-order valence-corrected chi connectivity index (χ2v) is 9.40. The van der Waals surface area contributed by atoms with E-state index in [9.17, 15) is 4.79 Å². The second-order valence-electron chi connectivity index (χ2n) is 9.40. The molecule has 1 atom stereocenters. The molecule has 1 aliphatic carbocycles. The summed E-state index contributed by atoms with van der Waals surface area (Å²) < 4.78 is 5.44. The Morgan fingerprint density at radius 2 is 2.00 bits per heavy atom. The van der Waals surface area contributed by atoms with Crippen molar-refractivity contribution in [2.75, 3.05) is 25.5 Å². The maximum Gasteiger partial charge on any atom is 0.222 e. The highest BCUT2D eigenvalue weighted by molar-refractivity contribution is 5.87. The van der Waals surface area contributed by atoms with Gasteiger partial charge < -0.3 is 15.0 Å². The molecule has 5 rings (SSSR count). The number of aromatic nitrogens is 3. The summed E-state index contributed by atoms with van der Waals surface area (Å²) >= 11 is 0. The summed E-state index contributed by atoms with van der Waals surface area (Å²) in [4.78, 5) is 19.8. The highest BCUT2D eigenvalue weighted by Crippen LogP contribution is 2.32. The van der Waals surface area contributed by atoms with Crippen molar-refractivity contribution >= 4 is 22.8 Å². The molecule has 1 saturated heterocycles. The van der Waals surface area contributed by atoms with Gasteiger partial charge in [-0.2, -0.15) is 5.10 Å². The average molecular weight is 448 g/mol. The van der Waals surface area contributed by atoms with Crippen LogP contribution in [0.3, 0.4) is 0 Å². The molecule has 1 amide bonds. The number of carbonyl (C=O) groups is 1. The summed E-state index contributed by atoms with van der Waals surface area (Å²) in [5.41, 5.74) is 2.90. The number of aromatic amines is 1. The highest BCUT2D eigenvalue weighted by Gasteiger charge is 2.28. The van der Waals surface area contributed by atoms with E-state index >= 15 is 0 Å². The molecule has 1 aromatic carbocycles. The van der Waals surface area contributed by atoms with Crippen molar-refractivity contribution in [3.8, 4) is 5.75 Å². The number of rotatable bonds is 7. The first-order valence-electron chi connectivity index (χ1n) is 12.2. The van der Waals surface area contributed by atoms with E-state index in [1.807, 2.05) is 24.3 Å². The summed E-state index contributed by atoms with van der Waals surface area (Å²) in [5, 5.41) is 11.9. The number of H-pyrrole nitrogens is 1. The minimum absolute atomic E-state index is 0.281. The molecule has 0 spiro atoms. The molecular formula is C26H33N5O2. The third-order valence-electron chi connectivity index (χ3n) is 7.21. The van der Waals surface area contributed by atoms with Crippen LogP contribution in [-0.4, -0.2) is 46.2 Å². The van der Waals surface area contributed by atoms with Gasteiger partial charge in [0.15, 0.2) is 11.5 Å². The van der Waals surface area contributed by atoms with Crippen LogP contribution in [0.2, 0.25) is 0 Å². The number of hydrogen-bond acceptors (Lipinski definition) is 5. The molecule has 1 saturated carbocycles. The molecule has 1 unspecified atom stereocenters. The fourth-order valence-electron chi connectivity index (χ4n) is 5.35. The summed E-state index contributed by atoms with van der Waals surface area (Å²) in [6, 6.07) is 12.2. The minimum atomic E-state index is 0.281. The van der Waals surface area contributed by atoms with Crippen molar-refractivity contribution in [3.05, 3.63) is 47.7 Å². The molecule has 2 aromatic heterocycles. The number of piperidine rings is 1. The maximum atomic E-state index is 12.9. The Balaban J connectivity index is 1.25. The van der Waals surface area contributed by atoms with Gasteiger partial charge in [0.1, 0.15) is 5.75 Å². The lowest BCUT2D eigenvalue weighted by atomic mass is 9.93. The lowest BCUT2D eigenvalue weighted by Crippen LogP contribution is -2.39. The van der Waals surface area contributed by atoms with Gasteiger partial charge in [-0.1, -0.05) is 31.0 Å². The summed E-state index contributed by atoms with van der Waals surface area (Å²) in [6.45, 7) is 2.27. The van der Waals surface area contributed by atoms with E-state index in [1.54, 1.807) is 7.11 Å². The third kappa shape index (κ3) is 4.82. The van der Waals surface area contributed by atoms with Crippen LogP contribution < -0.4 is 10.1 Å². The van der Waals surface area contributed by atoms with Gasteiger partial charge in [0, 0.05) is 43.2 Å². The zero-order valence-electron chi connectivity index (χ0n) is 19.3. The molecule has 3 aromatic rings. The van der Waals surface area contributed by atoms with Crippen LogP contribution in [0.1, 0.15) is 62.1 Å². The van der Waals surface area contributed by atoms with Gasteiger partial charge in [-0.15, -0.1) is 0 Å². The number of nitrogens with one attached hydrogen (secondary N) is 2. The van der Waals surface area contributed by atoms with Crippen LogP contribution in [-0.2, 0) is 11.3 Å². The first-order valence-corrected chi connectivity index (χ1v) is 12.2. The number of para-hydroxylation sites is 1. The number of amides is 1. The lowest BCUT2D eigenvalue weighted by Gasteiger charge is -2.33. The smallest absolute Gasteiger partial charge is 0.222 e. The highest BCUT2D eigenvalue weighted by atomic mass is 16.5. The third-order valence-corrected chi connectivity index (χ3v) is 7.21. The molecule has 0 radical (unpaired) electrons. The number of carbonyl (C=O) groups excluding carboxylic acids is 1. The van der Waals surface area contributed by atoms with Crippen LogP contribution in [0, 0.1) is 5.92 Å². The number of hydrogen-bond donors (Lipinski definition) is 2. The molecule has 3 heterocycles. The molecule has 1 aliphatic heterocycles. The Kier molecular flexibility index (Phi) is 6.46. The molecule has 33 heavy (non-hydrogen) atoms. The standard InChI is InChI=1S/C26H33N5O2/c1-33-23-11-5-4-9-19(23)16-27-25-21-12-13-22(28-26(21)30-29-25)20-10-6-14-31(17-20)24(32)15-18-7-2-3-8-18/h4-5,9,11-13,18,20H,2-3,6-8,10,14-17H2,1H3,(H2,27,28,29,30). The van der Waals surface area contributed by atoms with E-state index in [1.165, 1.54) is 25.7 Å². The minimum Gasteiger partial charge on any atom is -0.496 e. The summed E-state index contributed by atoms with van der Waals surface area (Å²) in [6.07, 6.45) is 7.83. The number of benzene rings is 1. The van der Waals surface area contributed by atoms with E-state index in [4.69, 9.17) is 9.72 Å². The van der Waals surface area contributed by atoms with E-state index in [0.29, 0.717) is 18.4 Å². The Hall–Kier alpha value is -3.09. The maximum absolute atomic E-state index is 12.9. The van der Waals surface area contributed by atoms with Crippen molar-refractivity contribution < 1.29 is 9.53 Å². The second kappa shape index (κ2) is 9.81. The van der Waals surface area contributed by atoms with Crippen LogP contribution in [0.4, 0.5) is 5.82 Å². The van der Waals surface area contributed by atoms with Crippen LogP contribution in [0.25, 0.3) is 11.0 Å². The number of fused-ring (bicyclic) bond motifs is 1. The van der Waals surface area contributed by atoms with E-state index in [2.05, 4.69) is 32.5 Å². The number of nitrogens with zero attached hydrogens (tertiary/aromatic N) is 3. The number of anilines is 1. The Morgan fingerprint density at radius 3 is 2.85 bits per heavy atom. The van der Waals surface area contributed by atoms with Crippen LogP contribution in [0.15, 0.2) is 36.4 Å². The van der Waals surface area contributed by atoms with Gasteiger partial charge in [-0.05, 0) is 49.8 Å². The van der Waals surface area contributed by atoms with E-state index in [-0.39, 0.29) is 5.92 Å². The van der Waals surface area contributed by atoms with Crippen molar-refractivity contribution in [2.45, 2.75) is 57.4 Å². The quantitative estimate of drug-likeness (QED) is 0.540. The van der Waals surface area contributed by atoms with Crippen molar-refractivity contribution in [3.63, 3.8) is 0 Å². The first kappa shape index (κ1) is 21.7. The van der Waals surface area contributed by atoms with Crippen LogP contribution in [0.5, 0.6) is 5.75 Å². The predicted octanol–water partition coefficient (Wildman–Crippen LogP) is 4.86. The molecule has 2 fully saturated rings. The Morgan fingerprint density at radius 1 is 1.15 bits per heavy atom. The number of likely N-dealkylation sites (tertiary alicyclic amines) is 1. The fraction of sp³-hybridized carbons (Fsp3) is 0.500. The Bertz CT molecular complexity index is 1110. The van der Waals surface area contributed by atoms with Crippen LogP contribution >= 0.6 is 0 Å². The van der Waals surface area contributed by atoms with Crippen molar-refractivity contribution in [1.29, 1.82) is 0 Å². The zero-order chi connectivity index (χ0) is 22.6. The molecule has 7 nitrogen and oxygen atoms in total. The van der Waals surface area contributed by atoms with E-state index < -0.39 is 0 Å². The normalized spacial score (nSPS) is 19.2. The van der Waals surface area contributed by atoms with Gasteiger partial charge in [-0.3, -0.25) is 9.89 Å². The molecule has 174 valence electrons. The van der Waals surface area contributed by atoms with Crippen molar-refractivity contribution in [1.82, 2.24) is 20.1 Å². The topological polar surface area (TPSA) is 83.1 Å². The van der Waals surface area contributed by atoms with Gasteiger partial charge in [0.25, 0.3) is 0 Å². The van der Waals surface area contributed by atoms with Gasteiger partial charge in [0.2, 0.25) is 5.91 Å². The average Bonchev–Trinajstić information content (AvgIpc) is 3.52. The predicted molar refractivity (Wildman–Crippen MR) is 129 cm³/mol. The summed E-state index contributed by atoms with van der Waals surface area (Å²) in [5.74, 6) is 2.85. The molecule has 7 heteroatoms. The number of methoxy groups -OCH3 is 1. The van der Waals surface area contributed by atoms with E-state index in [0.717, 1.165) is 66.2 Å². The monoisotopic (exact) mass is 447 g/mol.